The van der Waals surface area contributed by atoms with Gasteiger partial charge < -0.3 is 14.2 Å². The molecule has 0 amide bonds. The highest BCUT2D eigenvalue weighted by Crippen LogP contribution is 2.28. The molecule has 0 saturated carbocycles. The molecule has 0 fully saturated rings. The van der Waals surface area contributed by atoms with Gasteiger partial charge in [-0.15, -0.1) is 0 Å². The lowest BCUT2D eigenvalue weighted by Crippen LogP contribution is -2.60. The summed E-state index contributed by atoms with van der Waals surface area (Å²) in [7, 11) is 1.03. The first-order valence-corrected chi connectivity index (χ1v) is 7.13. The van der Waals surface area contributed by atoms with Crippen molar-refractivity contribution >= 4 is 41.2 Å². The lowest BCUT2D eigenvalue weighted by molar-refractivity contribution is -0.193. The van der Waals surface area contributed by atoms with Crippen LogP contribution in [0.15, 0.2) is 12.2 Å². The van der Waals surface area contributed by atoms with Crippen molar-refractivity contribution < 1.29 is 47.8 Å². The van der Waals surface area contributed by atoms with Gasteiger partial charge in [0.2, 0.25) is 0 Å². The van der Waals surface area contributed by atoms with Crippen LogP contribution >= 0.6 is 0 Å². The van der Waals surface area contributed by atoms with E-state index in [1.54, 1.807) is 0 Å². The van der Waals surface area contributed by atoms with Gasteiger partial charge in [-0.25, -0.2) is 14.4 Å². The van der Waals surface area contributed by atoms with E-state index in [9.17, 15) is 33.6 Å². The second-order valence-electron chi connectivity index (χ2n) is 5.10. The van der Waals surface area contributed by atoms with E-state index in [2.05, 4.69) is 9.47 Å². The Morgan fingerprint density at radius 3 is 1.62 bits per heavy atom. The van der Waals surface area contributed by atoms with Crippen molar-refractivity contribution in [2.24, 2.45) is 5.92 Å². The highest BCUT2D eigenvalue weighted by Gasteiger charge is 2.59. The van der Waals surface area contributed by atoms with Crippen molar-refractivity contribution in [1.29, 1.82) is 0 Å². The average molecular weight is 370 g/mol. The van der Waals surface area contributed by atoms with Crippen LogP contribution in [0.5, 0.6) is 0 Å². The third kappa shape index (κ3) is 5.43. The number of carbonyl (C=O) groups excluding carboxylic acids is 7. The normalized spacial score (nSPS) is 12.8. The van der Waals surface area contributed by atoms with E-state index < -0.39 is 52.7 Å². The first-order chi connectivity index (χ1) is 11.9. The Kier molecular flexibility index (Phi) is 8.21. The molecule has 0 saturated heterocycles. The van der Waals surface area contributed by atoms with E-state index in [1.807, 2.05) is 0 Å². The second kappa shape index (κ2) is 9.35. The van der Waals surface area contributed by atoms with Gasteiger partial charge in [0.05, 0.1) is 7.11 Å². The van der Waals surface area contributed by atoms with Crippen molar-refractivity contribution in [3.63, 3.8) is 0 Å². The fourth-order valence-corrected chi connectivity index (χ4v) is 2.10. The Balaban J connectivity index is 6.29. The van der Waals surface area contributed by atoms with Crippen LogP contribution in [0.25, 0.3) is 0 Å². The largest absolute Gasteiger partial charge is 0.466 e. The number of ketones is 3. The lowest BCUT2D eigenvalue weighted by Gasteiger charge is -2.32. The fourth-order valence-electron chi connectivity index (χ4n) is 2.10. The summed E-state index contributed by atoms with van der Waals surface area (Å²) in [5.41, 5.74) is -3.01. The van der Waals surface area contributed by atoms with Gasteiger partial charge in [-0.05, 0) is 20.8 Å². The molecule has 0 aromatic heterocycles. The van der Waals surface area contributed by atoms with Crippen LogP contribution in [0, 0.1) is 5.92 Å². The van der Waals surface area contributed by atoms with Gasteiger partial charge in [-0.2, -0.15) is 0 Å². The number of ether oxygens (including phenoxy) is 3. The maximum atomic E-state index is 12.3. The van der Waals surface area contributed by atoms with Crippen molar-refractivity contribution in [3.8, 4) is 0 Å². The molecule has 0 heterocycles. The van der Waals surface area contributed by atoms with E-state index >= 15 is 0 Å². The molecule has 0 aromatic rings. The standard InChI is InChI=1S/C16H18O10/c1-8(17)14(9(2)18)16(10(3)19,15(23)25-11(4)20)26-13(22)7-6-12(21)24-5/h6-7,14H,1-5H3. The van der Waals surface area contributed by atoms with Crippen LogP contribution < -0.4 is 0 Å². The zero-order valence-corrected chi connectivity index (χ0v) is 14.8. The van der Waals surface area contributed by atoms with E-state index in [4.69, 9.17) is 4.74 Å². The van der Waals surface area contributed by atoms with Crippen molar-refractivity contribution in [2.75, 3.05) is 7.11 Å². The highest BCUT2D eigenvalue weighted by molar-refractivity contribution is 6.19. The molecule has 26 heavy (non-hydrogen) atoms. The maximum absolute atomic E-state index is 12.3. The quantitative estimate of drug-likeness (QED) is 0.236. The Morgan fingerprint density at radius 1 is 0.808 bits per heavy atom. The zero-order valence-electron chi connectivity index (χ0n) is 14.8. The van der Waals surface area contributed by atoms with Crippen LogP contribution in [0.1, 0.15) is 27.7 Å². The second-order valence-corrected chi connectivity index (χ2v) is 5.10. The van der Waals surface area contributed by atoms with Gasteiger partial charge >= 0.3 is 23.9 Å². The first-order valence-electron chi connectivity index (χ1n) is 7.13. The molecule has 0 aliphatic carbocycles. The molecule has 1 atom stereocenters. The Hall–Kier alpha value is -3.17. The molecule has 0 radical (unpaired) electrons. The van der Waals surface area contributed by atoms with E-state index in [1.165, 1.54) is 0 Å². The van der Waals surface area contributed by atoms with Gasteiger partial charge in [-0.1, -0.05) is 0 Å². The Morgan fingerprint density at radius 2 is 1.27 bits per heavy atom. The number of hydrogen-bond donors (Lipinski definition) is 0. The number of methoxy groups -OCH3 is 1. The van der Waals surface area contributed by atoms with Gasteiger partial charge in [0, 0.05) is 19.1 Å². The topological polar surface area (TPSA) is 147 Å². The van der Waals surface area contributed by atoms with Gasteiger partial charge in [0.1, 0.15) is 17.5 Å². The summed E-state index contributed by atoms with van der Waals surface area (Å²) in [5, 5.41) is 0. The number of Topliss-reactive ketones (excluding diaryl/α,β-unsaturated/α-hetero) is 3. The number of esters is 4. The first kappa shape index (κ1) is 22.8. The summed E-state index contributed by atoms with van der Waals surface area (Å²) in [6.07, 6.45) is 1.14. The molecule has 142 valence electrons. The van der Waals surface area contributed by atoms with Crippen LogP contribution in [0.4, 0.5) is 0 Å². The molecule has 0 aromatic carbocycles. The molecule has 10 nitrogen and oxygen atoms in total. The molecule has 0 N–H and O–H groups in total. The molecule has 0 aliphatic heterocycles. The third-order valence-corrected chi connectivity index (χ3v) is 3.10. The molecule has 0 spiro atoms. The fraction of sp³-hybridized carbons (Fsp3) is 0.438. The molecule has 0 bridgehead atoms. The Labute approximate surface area is 148 Å². The van der Waals surface area contributed by atoms with Gasteiger partial charge in [-0.3, -0.25) is 19.2 Å². The number of rotatable bonds is 8. The average Bonchev–Trinajstić information content (AvgIpc) is 2.49. The summed E-state index contributed by atoms with van der Waals surface area (Å²) >= 11 is 0. The molecule has 1 unspecified atom stereocenters. The Bertz CT molecular complexity index is 673. The maximum Gasteiger partial charge on any atom is 0.367 e. The smallest absolute Gasteiger partial charge is 0.367 e. The lowest BCUT2D eigenvalue weighted by atomic mass is 9.78. The summed E-state index contributed by atoms with van der Waals surface area (Å²) in [5.74, 6) is -10.4. The minimum Gasteiger partial charge on any atom is -0.466 e. The monoisotopic (exact) mass is 370 g/mol. The summed E-state index contributed by atoms with van der Waals surface area (Å²) < 4.78 is 13.4. The SMILES string of the molecule is COC(=O)C=CC(=O)OC(C(C)=O)(C(=O)OC(C)=O)C(C(C)=O)C(C)=O. The van der Waals surface area contributed by atoms with Crippen molar-refractivity contribution in [1.82, 2.24) is 0 Å². The van der Waals surface area contributed by atoms with Crippen molar-refractivity contribution in [2.45, 2.75) is 33.3 Å². The minimum absolute atomic E-state index is 0.516. The highest BCUT2D eigenvalue weighted by atomic mass is 16.6. The van der Waals surface area contributed by atoms with Gasteiger partial charge in [0.25, 0.3) is 5.60 Å². The number of hydrogen-bond acceptors (Lipinski definition) is 10. The summed E-state index contributed by atoms with van der Waals surface area (Å²) in [6.45, 7) is 3.39. The molecule has 10 heteroatoms. The van der Waals surface area contributed by atoms with Crippen LogP contribution in [0.3, 0.4) is 0 Å². The number of carbonyl (C=O) groups is 7. The van der Waals surface area contributed by atoms with E-state index in [0.717, 1.165) is 34.8 Å². The predicted molar refractivity (Wildman–Crippen MR) is 82.3 cm³/mol. The molecular weight excluding hydrogens is 352 g/mol. The van der Waals surface area contributed by atoms with Crippen LogP contribution in [-0.2, 0) is 47.8 Å². The predicted octanol–water partition coefficient (Wildman–Crippen LogP) is -0.530. The molecule has 0 aliphatic rings. The van der Waals surface area contributed by atoms with E-state index in [0.29, 0.717) is 12.2 Å². The van der Waals surface area contributed by atoms with E-state index in [-0.39, 0.29) is 0 Å². The van der Waals surface area contributed by atoms with Crippen LogP contribution in [-0.4, -0.2) is 53.9 Å². The van der Waals surface area contributed by atoms with Crippen LogP contribution in [0.2, 0.25) is 0 Å². The van der Waals surface area contributed by atoms with Crippen molar-refractivity contribution in [3.05, 3.63) is 12.2 Å². The third-order valence-electron chi connectivity index (χ3n) is 3.10. The zero-order chi connectivity index (χ0) is 20.7. The minimum atomic E-state index is -3.01. The molecular formula is C16H18O10. The summed E-state index contributed by atoms with van der Waals surface area (Å²) in [4.78, 5) is 82.3. The molecule has 0 rings (SSSR count). The summed E-state index contributed by atoms with van der Waals surface area (Å²) in [6, 6.07) is 0. The van der Waals surface area contributed by atoms with Gasteiger partial charge in [0.15, 0.2) is 5.78 Å².